The van der Waals surface area contributed by atoms with Gasteiger partial charge in [-0.2, -0.15) is 0 Å². The molecular weight excluding hydrogens is 386 g/mol. The van der Waals surface area contributed by atoms with Crippen molar-refractivity contribution in [3.63, 3.8) is 0 Å². The van der Waals surface area contributed by atoms with Crippen molar-refractivity contribution < 1.29 is 14.3 Å². The molecule has 0 unspecified atom stereocenters. The van der Waals surface area contributed by atoms with E-state index in [1.807, 2.05) is 42.5 Å². The summed E-state index contributed by atoms with van der Waals surface area (Å²) in [6.45, 7) is 4.00. The lowest BCUT2D eigenvalue weighted by Gasteiger charge is -2.26. The number of ketones is 1. The Morgan fingerprint density at radius 3 is 2.16 bits per heavy atom. The monoisotopic (exact) mass is 415 g/mol. The molecular formula is C27H29NO3. The SMILES string of the molecule is O=C(CCCc1ccc(-c2ccc(OCN3CCOCC3)cc2)cc1)c1ccccc1. The first-order chi connectivity index (χ1) is 15.3. The maximum absolute atomic E-state index is 12.2. The Morgan fingerprint density at radius 1 is 0.839 bits per heavy atom. The van der Waals surface area contributed by atoms with E-state index in [9.17, 15) is 4.79 Å². The van der Waals surface area contributed by atoms with Crippen LogP contribution in [0.4, 0.5) is 0 Å². The fraction of sp³-hybridized carbons (Fsp3) is 0.296. The number of morpholine rings is 1. The maximum atomic E-state index is 12.2. The van der Waals surface area contributed by atoms with Gasteiger partial charge in [-0.1, -0.05) is 66.7 Å². The molecule has 3 aromatic rings. The van der Waals surface area contributed by atoms with Crippen molar-refractivity contribution in [2.24, 2.45) is 0 Å². The second kappa shape index (κ2) is 10.9. The van der Waals surface area contributed by atoms with Crippen LogP contribution in [0, 0.1) is 0 Å². The van der Waals surface area contributed by atoms with E-state index in [2.05, 4.69) is 41.3 Å². The molecule has 0 radical (unpaired) electrons. The number of hydrogen-bond acceptors (Lipinski definition) is 4. The topological polar surface area (TPSA) is 38.8 Å². The third-order valence-corrected chi connectivity index (χ3v) is 5.62. The second-order valence-electron chi connectivity index (χ2n) is 7.87. The van der Waals surface area contributed by atoms with Gasteiger partial charge in [0.05, 0.1) is 13.2 Å². The summed E-state index contributed by atoms with van der Waals surface area (Å²) in [5, 5.41) is 0. The predicted octanol–water partition coefficient (Wildman–Crippen LogP) is 5.23. The first kappa shape index (κ1) is 21.3. The largest absolute Gasteiger partial charge is 0.478 e. The molecule has 0 aliphatic carbocycles. The number of rotatable bonds is 9. The highest BCUT2D eigenvalue weighted by atomic mass is 16.5. The molecule has 4 rings (SSSR count). The van der Waals surface area contributed by atoms with E-state index in [1.165, 1.54) is 16.7 Å². The zero-order valence-electron chi connectivity index (χ0n) is 17.8. The Kier molecular flexibility index (Phi) is 7.48. The molecule has 1 saturated heterocycles. The normalized spacial score (nSPS) is 14.3. The molecule has 0 bridgehead atoms. The van der Waals surface area contributed by atoms with E-state index < -0.39 is 0 Å². The van der Waals surface area contributed by atoms with Gasteiger partial charge in [0.2, 0.25) is 0 Å². The number of carbonyl (C=O) groups is 1. The molecule has 4 nitrogen and oxygen atoms in total. The molecule has 0 N–H and O–H groups in total. The minimum Gasteiger partial charge on any atom is -0.478 e. The summed E-state index contributed by atoms with van der Waals surface area (Å²) in [6.07, 6.45) is 2.35. The van der Waals surface area contributed by atoms with E-state index >= 15 is 0 Å². The van der Waals surface area contributed by atoms with Crippen LogP contribution in [0.15, 0.2) is 78.9 Å². The Bertz CT molecular complexity index is 946. The van der Waals surface area contributed by atoms with Crippen LogP contribution in [-0.2, 0) is 11.2 Å². The fourth-order valence-corrected chi connectivity index (χ4v) is 3.73. The minimum absolute atomic E-state index is 0.216. The van der Waals surface area contributed by atoms with Crippen molar-refractivity contribution in [2.45, 2.75) is 19.3 Å². The summed E-state index contributed by atoms with van der Waals surface area (Å²) in [4.78, 5) is 14.5. The van der Waals surface area contributed by atoms with Crippen molar-refractivity contribution in [3.05, 3.63) is 90.0 Å². The molecule has 1 aliphatic rings. The highest BCUT2D eigenvalue weighted by Crippen LogP contribution is 2.23. The van der Waals surface area contributed by atoms with Crippen LogP contribution in [0.2, 0.25) is 0 Å². The zero-order chi connectivity index (χ0) is 21.3. The van der Waals surface area contributed by atoms with Crippen LogP contribution < -0.4 is 4.74 Å². The van der Waals surface area contributed by atoms with Crippen LogP contribution in [0.25, 0.3) is 11.1 Å². The van der Waals surface area contributed by atoms with Gasteiger partial charge in [0.25, 0.3) is 0 Å². The van der Waals surface area contributed by atoms with Crippen LogP contribution in [0.1, 0.15) is 28.8 Å². The van der Waals surface area contributed by atoms with Crippen molar-refractivity contribution in [1.82, 2.24) is 4.90 Å². The van der Waals surface area contributed by atoms with Gasteiger partial charge in [-0.3, -0.25) is 9.69 Å². The molecule has 0 atom stereocenters. The quantitative estimate of drug-likeness (QED) is 0.449. The van der Waals surface area contributed by atoms with Gasteiger partial charge < -0.3 is 9.47 Å². The van der Waals surface area contributed by atoms with Gasteiger partial charge in [-0.15, -0.1) is 0 Å². The highest BCUT2D eigenvalue weighted by molar-refractivity contribution is 5.95. The van der Waals surface area contributed by atoms with Crippen molar-refractivity contribution in [1.29, 1.82) is 0 Å². The van der Waals surface area contributed by atoms with Crippen LogP contribution in [0.5, 0.6) is 5.75 Å². The number of hydrogen-bond donors (Lipinski definition) is 0. The van der Waals surface area contributed by atoms with Gasteiger partial charge in [-0.25, -0.2) is 0 Å². The van der Waals surface area contributed by atoms with Crippen LogP contribution in [0.3, 0.4) is 0 Å². The molecule has 0 spiro atoms. The number of ether oxygens (including phenoxy) is 2. The van der Waals surface area contributed by atoms with Crippen molar-refractivity contribution in [2.75, 3.05) is 33.0 Å². The molecule has 1 aliphatic heterocycles. The van der Waals surface area contributed by atoms with Gasteiger partial charge >= 0.3 is 0 Å². The Hall–Kier alpha value is -2.95. The average molecular weight is 416 g/mol. The third kappa shape index (κ3) is 6.27. The molecule has 0 aromatic heterocycles. The molecule has 1 fully saturated rings. The van der Waals surface area contributed by atoms with E-state index in [4.69, 9.17) is 9.47 Å². The summed E-state index contributed by atoms with van der Waals surface area (Å²) in [5.41, 5.74) is 4.42. The first-order valence-electron chi connectivity index (χ1n) is 11.0. The van der Waals surface area contributed by atoms with Gasteiger partial charge in [0.1, 0.15) is 12.5 Å². The van der Waals surface area contributed by atoms with Gasteiger partial charge in [0.15, 0.2) is 5.78 Å². The number of Topliss-reactive ketones (excluding diaryl/α,β-unsaturated/α-hetero) is 1. The van der Waals surface area contributed by atoms with E-state index in [0.29, 0.717) is 13.2 Å². The molecule has 4 heteroatoms. The molecule has 3 aromatic carbocycles. The molecule has 1 heterocycles. The Labute approximate surface area is 184 Å². The lowest BCUT2D eigenvalue weighted by molar-refractivity contribution is 0.00408. The fourth-order valence-electron chi connectivity index (χ4n) is 3.73. The number of carbonyl (C=O) groups excluding carboxylic acids is 1. The van der Waals surface area contributed by atoms with E-state index in [1.54, 1.807) is 0 Å². The summed E-state index contributed by atoms with van der Waals surface area (Å²) in [7, 11) is 0. The summed E-state index contributed by atoms with van der Waals surface area (Å²) < 4.78 is 11.3. The first-order valence-corrected chi connectivity index (χ1v) is 11.0. The van der Waals surface area contributed by atoms with Gasteiger partial charge in [0, 0.05) is 25.1 Å². The number of aryl methyl sites for hydroxylation is 1. The lowest BCUT2D eigenvalue weighted by Crippen LogP contribution is -2.38. The molecule has 31 heavy (non-hydrogen) atoms. The average Bonchev–Trinajstić information content (AvgIpc) is 2.85. The van der Waals surface area contributed by atoms with E-state index in [-0.39, 0.29) is 5.78 Å². The number of nitrogens with zero attached hydrogens (tertiary/aromatic N) is 1. The lowest BCUT2D eigenvalue weighted by atomic mass is 10.00. The molecule has 0 saturated carbocycles. The maximum Gasteiger partial charge on any atom is 0.162 e. The minimum atomic E-state index is 0.216. The van der Waals surface area contributed by atoms with Gasteiger partial charge in [-0.05, 0) is 41.7 Å². The summed E-state index contributed by atoms with van der Waals surface area (Å²) in [6, 6.07) is 26.4. The van der Waals surface area contributed by atoms with Crippen molar-refractivity contribution >= 4 is 5.78 Å². The molecule has 160 valence electrons. The zero-order valence-corrected chi connectivity index (χ0v) is 17.8. The second-order valence-corrected chi connectivity index (χ2v) is 7.87. The Morgan fingerprint density at radius 2 is 1.48 bits per heavy atom. The smallest absolute Gasteiger partial charge is 0.162 e. The summed E-state index contributed by atoms with van der Waals surface area (Å²) >= 11 is 0. The summed E-state index contributed by atoms with van der Waals surface area (Å²) in [5.74, 6) is 1.10. The Balaban J connectivity index is 1.25. The van der Waals surface area contributed by atoms with Crippen LogP contribution in [-0.4, -0.2) is 43.7 Å². The van der Waals surface area contributed by atoms with Crippen LogP contribution >= 0.6 is 0 Å². The third-order valence-electron chi connectivity index (χ3n) is 5.62. The highest BCUT2D eigenvalue weighted by Gasteiger charge is 2.10. The standard InChI is InChI=1S/C27H29NO3/c29-27(25-6-2-1-3-7-25)8-4-5-22-9-11-23(12-10-22)24-13-15-26(16-14-24)31-21-28-17-19-30-20-18-28/h1-3,6-7,9-16H,4-5,8,17-21H2. The van der Waals surface area contributed by atoms with Crippen molar-refractivity contribution in [3.8, 4) is 16.9 Å². The van der Waals surface area contributed by atoms with E-state index in [0.717, 1.165) is 50.5 Å². The number of benzene rings is 3. The molecule has 0 amide bonds. The predicted molar refractivity (Wildman–Crippen MR) is 123 cm³/mol.